The van der Waals surface area contributed by atoms with Crippen molar-refractivity contribution in [2.75, 3.05) is 0 Å². The predicted molar refractivity (Wildman–Crippen MR) is 59.6 cm³/mol. The van der Waals surface area contributed by atoms with Crippen LogP contribution in [0.3, 0.4) is 0 Å². The summed E-state index contributed by atoms with van der Waals surface area (Å²) in [6.07, 6.45) is 5.73. The fourth-order valence-electron chi connectivity index (χ4n) is 3.40. The lowest BCUT2D eigenvalue weighted by Gasteiger charge is -2.22. The number of benzene rings is 1. The molecule has 74 valence electrons. The average Bonchev–Trinajstić information content (AvgIpc) is 2.79. The van der Waals surface area contributed by atoms with Crippen LogP contribution in [0, 0.1) is 11.8 Å². The van der Waals surface area contributed by atoms with Gasteiger partial charge >= 0.3 is 0 Å². The molecule has 1 aromatic carbocycles. The molecule has 0 unspecified atom stereocenters. The quantitative estimate of drug-likeness (QED) is 0.645. The van der Waals surface area contributed by atoms with Gasteiger partial charge in [0.15, 0.2) is 0 Å². The third kappa shape index (κ3) is 1.28. The lowest BCUT2D eigenvalue weighted by atomic mass is 9.83. The summed E-state index contributed by atoms with van der Waals surface area (Å²) in [7, 11) is 0. The van der Waals surface area contributed by atoms with Crippen LogP contribution in [0.4, 0.5) is 0 Å². The first-order chi connectivity index (χ1) is 6.84. The molecule has 0 N–H and O–H groups in total. The van der Waals surface area contributed by atoms with E-state index in [1.54, 1.807) is 0 Å². The fraction of sp³-hybridized carbons (Fsp3) is 0.538. The van der Waals surface area contributed by atoms with Gasteiger partial charge < -0.3 is 0 Å². The lowest BCUT2D eigenvalue weighted by molar-refractivity contribution is 0.420. The molecule has 0 spiro atoms. The molecule has 3 rings (SSSR count). The molecule has 0 saturated heterocycles. The van der Waals surface area contributed by atoms with E-state index in [4.69, 9.17) is 11.6 Å². The van der Waals surface area contributed by atoms with Crippen molar-refractivity contribution in [3.8, 4) is 0 Å². The van der Waals surface area contributed by atoms with E-state index in [1.165, 1.54) is 31.2 Å². The molecule has 1 heteroatoms. The van der Waals surface area contributed by atoms with E-state index >= 15 is 0 Å². The molecule has 1 aromatic rings. The maximum Gasteiger partial charge on any atom is 0.0440 e. The van der Waals surface area contributed by atoms with Gasteiger partial charge in [0.05, 0.1) is 0 Å². The molecule has 0 nitrogen and oxygen atoms in total. The molecule has 2 fully saturated rings. The summed E-state index contributed by atoms with van der Waals surface area (Å²) >= 11 is 6.24. The molecule has 3 atom stereocenters. The van der Waals surface area contributed by atoms with Crippen molar-refractivity contribution in [2.45, 2.75) is 31.6 Å². The Hall–Kier alpha value is -0.490. The van der Waals surface area contributed by atoms with E-state index < -0.39 is 0 Å². The van der Waals surface area contributed by atoms with Crippen molar-refractivity contribution in [1.82, 2.24) is 0 Å². The van der Waals surface area contributed by atoms with Crippen molar-refractivity contribution in [2.24, 2.45) is 11.8 Å². The smallest absolute Gasteiger partial charge is 0.0440 e. The van der Waals surface area contributed by atoms with Gasteiger partial charge in [-0.1, -0.05) is 36.2 Å². The van der Waals surface area contributed by atoms with E-state index in [0.717, 1.165) is 22.8 Å². The van der Waals surface area contributed by atoms with Gasteiger partial charge in [0.25, 0.3) is 0 Å². The molecule has 2 saturated carbocycles. The molecule has 2 bridgehead atoms. The van der Waals surface area contributed by atoms with Crippen molar-refractivity contribution >= 4 is 11.6 Å². The molecule has 2 aliphatic carbocycles. The molecule has 0 aliphatic heterocycles. The second-order valence-corrected chi connectivity index (χ2v) is 5.21. The molecular formula is C13H15Cl. The highest BCUT2D eigenvalue weighted by Crippen LogP contribution is 2.53. The van der Waals surface area contributed by atoms with Gasteiger partial charge in [0.2, 0.25) is 0 Å². The van der Waals surface area contributed by atoms with Crippen LogP contribution in [0.25, 0.3) is 0 Å². The first kappa shape index (κ1) is 8.79. The van der Waals surface area contributed by atoms with Crippen LogP contribution in [0.15, 0.2) is 24.3 Å². The van der Waals surface area contributed by atoms with Gasteiger partial charge in [-0.05, 0) is 48.6 Å². The highest BCUT2D eigenvalue weighted by Gasteiger charge is 2.40. The third-order valence-corrected chi connectivity index (χ3v) is 4.39. The lowest BCUT2D eigenvalue weighted by Crippen LogP contribution is -2.08. The van der Waals surface area contributed by atoms with Crippen LogP contribution in [0.5, 0.6) is 0 Å². The first-order valence-corrected chi connectivity index (χ1v) is 5.97. The molecule has 0 heterocycles. The normalized spacial score (nSPS) is 35.1. The zero-order valence-corrected chi connectivity index (χ0v) is 9.00. The van der Waals surface area contributed by atoms with Crippen molar-refractivity contribution < 1.29 is 0 Å². The summed E-state index contributed by atoms with van der Waals surface area (Å²) in [5.41, 5.74) is 1.40. The van der Waals surface area contributed by atoms with Crippen molar-refractivity contribution in [1.29, 1.82) is 0 Å². The summed E-state index contributed by atoms with van der Waals surface area (Å²) in [6, 6.07) is 8.39. The minimum atomic E-state index is 0.766. The van der Waals surface area contributed by atoms with Crippen LogP contribution in [0.2, 0.25) is 5.02 Å². The molecule has 2 aliphatic rings. The van der Waals surface area contributed by atoms with Gasteiger partial charge in [0, 0.05) is 5.02 Å². The largest absolute Gasteiger partial charge is 0.0840 e. The van der Waals surface area contributed by atoms with E-state index in [-0.39, 0.29) is 0 Å². The number of hydrogen-bond donors (Lipinski definition) is 0. The topological polar surface area (TPSA) is 0 Å². The Bertz CT molecular complexity index is 345. The monoisotopic (exact) mass is 206 g/mol. The summed E-state index contributed by atoms with van der Waals surface area (Å²) in [5.74, 6) is 2.70. The van der Waals surface area contributed by atoms with E-state index in [1.807, 2.05) is 12.1 Å². The molecule has 0 radical (unpaired) electrons. The highest BCUT2D eigenvalue weighted by atomic mass is 35.5. The maximum atomic E-state index is 6.24. The Morgan fingerprint density at radius 2 is 1.93 bits per heavy atom. The van der Waals surface area contributed by atoms with Gasteiger partial charge in [-0.25, -0.2) is 0 Å². The van der Waals surface area contributed by atoms with Crippen molar-refractivity contribution in [3.05, 3.63) is 34.9 Å². The van der Waals surface area contributed by atoms with E-state index in [9.17, 15) is 0 Å². The molecule has 0 aromatic heterocycles. The summed E-state index contributed by atoms with van der Waals surface area (Å²) in [4.78, 5) is 0. The van der Waals surface area contributed by atoms with Crippen LogP contribution in [-0.4, -0.2) is 0 Å². The minimum absolute atomic E-state index is 0.766. The third-order valence-electron chi connectivity index (χ3n) is 4.04. The van der Waals surface area contributed by atoms with Crippen LogP contribution in [0.1, 0.15) is 37.2 Å². The highest BCUT2D eigenvalue weighted by molar-refractivity contribution is 6.31. The number of rotatable bonds is 1. The molecule has 14 heavy (non-hydrogen) atoms. The summed E-state index contributed by atoms with van der Waals surface area (Å²) in [6.45, 7) is 0. The van der Waals surface area contributed by atoms with Crippen molar-refractivity contribution in [3.63, 3.8) is 0 Å². The van der Waals surface area contributed by atoms with E-state index in [2.05, 4.69) is 12.1 Å². The van der Waals surface area contributed by atoms with E-state index in [0.29, 0.717) is 0 Å². The Morgan fingerprint density at radius 1 is 1.07 bits per heavy atom. The Labute approximate surface area is 90.3 Å². The van der Waals surface area contributed by atoms with Crippen LogP contribution in [-0.2, 0) is 0 Å². The fourth-order valence-corrected chi connectivity index (χ4v) is 3.68. The number of fused-ring (bicyclic) bond motifs is 2. The zero-order chi connectivity index (χ0) is 9.54. The molecule has 0 amide bonds. The Morgan fingerprint density at radius 3 is 2.57 bits per heavy atom. The Balaban J connectivity index is 1.93. The van der Waals surface area contributed by atoms with Gasteiger partial charge in [0.1, 0.15) is 0 Å². The number of halogens is 1. The first-order valence-electron chi connectivity index (χ1n) is 5.59. The van der Waals surface area contributed by atoms with Gasteiger partial charge in [-0.2, -0.15) is 0 Å². The Kier molecular flexibility index (Phi) is 2.05. The second kappa shape index (κ2) is 3.27. The summed E-state index contributed by atoms with van der Waals surface area (Å²) in [5, 5.41) is 0.977. The van der Waals surface area contributed by atoms with Crippen LogP contribution >= 0.6 is 11.6 Å². The van der Waals surface area contributed by atoms with Crippen LogP contribution < -0.4 is 0 Å². The predicted octanol–water partition coefficient (Wildman–Crippen LogP) is 4.24. The standard InChI is InChI=1S/C13H15Cl/c14-13-4-2-1-3-11(13)12-8-9-5-6-10(12)7-9/h1-4,9-10,12H,5-8H2/t9-,10+,12+/m1/s1. The summed E-state index contributed by atoms with van der Waals surface area (Å²) < 4.78 is 0. The second-order valence-electron chi connectivity index (χ2n) is 4.80. The van der Waals surface area contributed by atoms with Gasteiger partial charge in [-0.15, -0.1) is 0 Å². The maximum absolute atomic E-state index is 6.24. The molecular weight excluding hydrogens is 192 g/mol. The average molecular weight is 207 g/mol. The van der Waals surface area contributed by atoms with Gasteiger partial charge in [-0.3, -0.25) is 0 Å². The number of hydrogen-bond acceptors (Lipinski definition) is 0. The minimum Gasteiger partial charge on any atom is -0.0840 e. The zero-order valence-electron chi connectivity index (χ0n) is 8.25. The SMILES string of the molecule is Clc1ccccc1[C@H]1C[C@@H]2CC[C@H]1C2.